The minimum Gasteiger partial charge on any atom is -0.458 e. The van der Waals surface area contributed by atoms with E-state index in [0.29, 0.717) is 24.5 Å². The van der Waals surface area contributed by atoms with Gasteiger partial charge in [-0.05, 0) is 18.2 Å². The fourth-order valence-electron chi connectivity index (χ4n) is 2.83. The smallest absolute Gasteiger partial charge is 0.270 e. The van der Waals surface area contributed by atoms with Crippen LogP contribution in [0.5, 0.6) is 5.88 Å². The van der Waals surface area contributed by atoms with E-state index in [4.69, 9.17) is 4.74 Å². The van der Waals surface area contributed by atoms with Crippen LogP contribution in [-0.2, 0) is 4.79 Å². The van der Waals surface area contributed by atoms with Gasteiger partial charge in [0.05, 0.1) is 0 Å². The summed E-state index contributed by atoms with van der Waals surface area (Å²) in [7, 11) is 0. The highest BCUT2D eigenvalue weighted by Crippen LogP contribution is 2.36. The van der Waals surface area contributed by atoms with Crippen LogP contribution in [0, 0.1) is 0 Å². The second kappa shape index (κ2) is 4.56. The normalized spacial score (nSPS) is 23.5. The van der Waals surface area contributed by atoms with Crippen molar-refractivity contribution in [2.24, 2.45) is 0 Å². The predicted octanol–water partition coefficient (Wildman–Crippen LogP) is 1.81. The quantitative estimate of drug-likeness (QED) is 0.837. The van der Waals surface area contributed by atoms with Gasteiger partial charge in [0.2, 0.25) is 11.5 Å². The molecular formula is C16H15N3O2. The third kappa shape index (κ3) is 1.97. The van der Waals surface area contributed by atoms with Crippen LogP contribution in [0.25, 0.3) is 11.1 Å². The summed E-state index contributed by atoms with van der Waals surface area (Å²) in [5.41, 5.74) is 1.86. The fraction of sp³-hybridized carbons (Fsp3) is 0.250. The third-order valence-electron chi connectivity index (χ3n) is 4.03. The van der Waals surface area contributed by atoms with E-state index in [9.17, 15) is 4.79 Å². The molecule has 1 amide bonds. The molecule has 0 saturated carbocycles. The number of amides is 1. The van der Waals surface area contributed by atoms with Gasteiger partial charge in [-0.15, -0.1) is 0 Å². The Morgan fingerprint density at radius 1 is 1.19 bits per heavy atom. The van der Waals surface area contributed by atoms with Crippen LogP contribution in [0.2, 0.25) is 0 Å². The topological polar surface area (TPSA) is 63.2 Å². The fourth-order valence-corrected chi connectivity index (χ4v) is 2.83. The molecule has 5 heteroatoms. The summed E-state index contributed by atoms with van der Waals surface area (Å²) in [6.45, 7) is 1.31. The van der Waals surface area contributed by atoms with Crippen LogP contribution in [0.1, 0.15) is 6.42 Å². The number of aromatic nitrogens is 1. The van der Waals surface area contributed by atoms with Crippen LogP contribution in [0.3, 0.4) is 0 Å². The Morgan fingerprint density at radius 3 is 2.81 bits per heavy atom. The first-order valence-electron chi connectivity index (χ1n) is 7.04. The number of fused-ring (bicyclic) bond motifs is 1. The van der Waals surface area contributed by atoms with Crippen molar-refractivity contribution in [1.82, 2.24) is 10.3 Å². The molecule has 3 heterocycles. The maximum absolute atomic E-state index is 12.3. The Morgan fingerprint density at radius 2 is 2.05 bits per heavy atom. The molecule has 4 rings (SSSR count). The monoisotopic (exact) mass is 281 g/mol. The minimum atomic E-state index is -0.797. The Hall–Kier alpha value is -2.40. The second-order valence-corrected chi connectivity index (χ2v) is 5.42. The number of pyridine rings is 1. The molecule has 1 spiro atoms. The average Bonchev–Trinajstić information content (AvgIpc) is 2.99. The average molecular weight is 281 g/mol. The number of hydrogen-bond acceptors (Lipinski definition) is 4. The molecule has 2 aliphatic heterocycles. The molecule has 1 atom stereocenters. The zero-order valence-electron chi connectivity index (χ0n) is 11.4. The number of benzene rings is 1. The van der Waals surface area contributed by atoms with E-state index in [-0.39, 0.29) is 5.91 Å². The van der Waals surface area contributed by atoms with Crippen molar-refractivity contribution in [1.29, 1.82) is 0 Å². The van der Waals surface area contributed by atoms with Gasteiger partial charge in [0.25, 0.3) is 5.91 Å². The summed E-state index contributed by atoms with van der Waals surface area (Å²) in [6, 6.07) is 11.8. The highest BCUT2D eigenvalue weighted by Gasteiger charge is 2.47. The predicted molar refractivity (Wildman–Crippen MR) is 79.1 cm³/mol. The van der Waals surface area contributed by atoms with E-state index in [1.165, 1.54) is 0 Å². The largest absolute Gasteiger partial charge is 0.458 e. The van der Waals surface area contributed by atoms with Gasteiger partial charge in [0.15, 0.2) is 0 Å². The van der Waals surface area contributed by atoms with Gasteiger partial charge in [0, 0.05) is 24.7 Å². The molecule has 1 unspecified atom stereocenters. The van der Waals surface area contributed by atoms with Gasteiger partial charge in [-0.1, -0.05) is 30.3 Å². The first kappa shape index (κ1) is 12.3. The molecule has 2 aliphatic rings. The van der Waals surface area contributed by atoms with Crippen molar-refractivity contribution in [2.75, 3.05) is 18.4 Å². The Labute approximate surface area is 122 Å². The number of ether oxygens (including phenoxy) is 1. The standard InChI is InChI=1S/C16H15N3O2/c20-15-16(6-7-17-10-16)21-14-13(19-15)8-12(9-18-14)11-4-2-1-3-5-11/h1-5,8-9,17H,6-7,10H2,(H,19,20). The summed E-state index contributed by atoms with van der Waals surface area (Å²) in [6.07, 6.45) is 2.45. The molecule has 5 nitrogen and oxygen atoms in total. The molecular weight excluding hydrogens is 266 g/mol. The van der Waals surface area contributed by atoms with E-state index in [1.807, 2.05) is 36.4 Å². The molecule has 106 valence electrons. The number of carbonyl (C=O) groups is 1. The Balaban J connectivity index is 1.72. The van der Waals surface area contributed by atoms with Gasteiger partial charge in [-0.3, -0.25) is 4.79 Å². The van der Waals surface area contributed by atoms with Gasteiger partial charge in [-0.25, -0.2) is 4.98 Å². The second-order valence-electron chi connectivity index (χ2n) is 5.42. The number of rotatable bonds is 1. The van der Waals surface area contributed by atoms with Gasteiger partial charge < -0.3 is 15.4 Å². The lowest BCUT2D eigenvalue weighted by Gasteiger charge is -2.32. The molecule has 2 N–H and O–H groups in total. The van der Waals surface area contributed by atoms with Crippen LogP contribution >= 0.6 is 0 Å². The number of carbonyl (C=O) groups excluding carboxylic acids is 1. The zero-order chi connectivity index (χ0) is 14.3. The van der Waals surface area contributed by atoms with Crippen molar-refractivity contribution >= 4 is 11.6 Å². The van der Waals surface area contributed by atoms with Crippen molar-refractivity contribution in [3.63, 3.8) is 0 Å². The third-order valence-corrected chi connectivity index (χ3v) is 4.03. The number of anilines is 1. The maximum atomic E-state index is 12.3. The molecule has 0 bridgehead atoms. The molecule has 1 fully saturated rings. The van der Waals surface area contributed by atoms with Gasteiger partial charge >= 0.3 is 0 Å². The summed E-state index contributed by atoms with van der Waals surface area (Å²) < 4.78 is 5.90. The summed E-state index contributed by atoms with van der Waals surface area (Å²) >= 11 is 0. The van der Waals surface area contributed by atoms with E-state index in [2.05, 4.69) is 15.6 Å². The Bertz CT molecular complexity index is 694. The highest BCUT2D eigenvalue weighted by atomic mass is 16.5. The molecule has 1 saturated heterocycles. The summed E-state index contributed by atoms with van der Waals surface area (Å²) in [5, 5.41) is 6.10. The van der Waals surface area contributed by atoms with Gasteiger partial charge in [0.1, 0.15) is 5.69 Å². The molecule has 1 aromatic carbocycles. The number of hydrogen-bond donors (Lipinski definition) is 2. The van der Waals surface area contributed by atoms with E-state index >= 15 is 0 Å². The van der Waals surface area contributed by atoms with E-state index in [1.54, 1.807) is 6.20 Å². The number of nitrogens with one attached hydrogen (secondary N) is 2. The Kier molecular flexibility index (Phi) is 2.68. The van der Waals surface area contributed by atoms with Crippen molar-refractivity contribution in [3.05, 3.63) is 42.6 Å². The lowest BCUT2D eigenvalue weighted by molar-refractivity contribution is -0.131. The first-order valence-corrected chi connectivity index (χ1v) is 7.04. The first-order chi connectivity index (χ1) is 10.3. The maximum Gasteiger partial charge on any atom is 0.270 e. The van der Waals surface area contributed by atoms with E-state index in [0.717, 1.165) is 17.7 Å². The molecule has 21 heavy (non-hydrogen) atoms. The van der Waals surface area contributed by atoms with Crippen molar-refractivity contribution in [3.8, 4) is 17.0 Å². The molecule has 1 aromatic heterocycles. The lowest BCUT2D eigenvalue weighted by Crippen LogP contribution is -2.52. The van der Waals surface area contributed by atoms with Crippen LogP contribution in [0.15, 0.2) is 42.6 Å². The van der Waals surface area contributed by atoms with Crippen molar-refractivity contribution < 1.29 is 9.53 Å². The lowest BCUT2D eigenvalue weighted by atomic mass is 9.99. The summed E-state index contributed by atoms with van der Waals surface area (Å²) in [5.74, 6) is 0.407. The van der Waals surface area contributed by atoms with Crippen LogP contribution < -0.4 is 15.4 Å². The van der Waals surface area contributed by atoms with Crippen LogP contribution in [0.4, 0.5) is 5.69 Å². The molecule has 0 aliphatic carbocycles. The van der Waals surface area contributed by atoms with Crippen LogP contribution in [-0.4, -0.2) is 29.6 Å². The van der Waals surface area contributed by atoms with Gasteiger partial charge in [-0.2, -0.15) is 0 Å². The van der Waals surface area contributed by atoms with E-state index < -0.39 is 5.60 Å². The summed E-state index contributed by atoms with van der Waals surface area (Å²) in [4.78, 5) is 16.7. The zero-order valence-corrected chi connectivity index (χ0v) is 11.4. The minimum absolute atomic E-state index is 0.0907. The number of nitrogens with zero attached hydrogens (tertiary/aromatic N) is 1. The molecule has 0 radical (unpaired) electrons. The van der Waals surface area contributed by atoms with Crippen molar-refractivity contribution in [2.45, 2.75) is 12.0 Å². The SMILES string of the molecule is O=C1Nc2cc(-c3ccccc3)cnc2OC12CCNC2. The molecule has 2 aromatic rings. The highest BCUT2D eigenvalue weighted by molar-refractivity contribution is 6.01.